The summed E-state index contributed by atoms with van der Waals surface area (Å²) in [6.07, 6.45) is 1.80. The van der Waals surface area contributed by atoms with Gasteiger partial charge in [-0.2, -0.15) is 4.31 Å². The molecule has 1 aliphatic rings. The van der Waals surface area contributed by atoms with Crippen molar-refractivity contribution in [3.8, 4) is 0 Å². The number of hydrogen-bond donors (Lipinski definition) is 1. The molecule has 1 N–H and O–H groups in total. The lowest BCUT2D eigenvalue weighted by molar-refractivity contribution is 0.217. The molecule has 0 aromatic heterocycles. The van der Waals surface area contributed by atoms with Crippen molar-refractivity contribution in [3.63, 3.8) is 0 Å². The molecule has 7 heteroatoms. The molecule has 0 spiro atoms. The van der Waals surface area contributed by atoms with Gasteiger partial charge in [-0.15, -0.1) is 0 Å². The van der Waals surface area contributed by atoms with E-state index in [-0.39, 0.29) is 10.9 Å². The van der Waals surface area contributed by atoms with Gasteiger partial charge in [0.05, 0.1) is 4.90 Å². The van der Waals surface area contributed by atoms with E-state index in [1.54, 1.807) is 33.5 Å². The standard InChI is InChI=1S/C17H27N3O3S/c1-4-19(5-2)17(21)18-15-6-8-16(9-7-15)24(22,23)20-12-10-14(3)11-13-20/h6-9,14H,4-5,10-13H2,1-3H3,(H,18,21). The van der Waals surface area contributed by atoms with Crippen LogP contribution in [0.3, 0.4) is 0 Å². The minimum Gasteiger partial charge on any atom is -0.325 e. The highest BCUT2D eigenvalue weighted by Crippen LogP contribution is 2.24. The molecule has 2 rings (SSSR count). The van der Waals surface area contributed by atoms with Crippen molar-refractivity contribution in [3.05, 3.63) is 24.3 Å². The smallest absolute Gasteiger partial charge is 0.321 e. The summed E-state index contributed by atoms with van der Waals surface area (Å²) in [4.78, 5) is 14.0. The molecule has 0 atom stereocenters. The van der Waals surface area contributed by atoms with Crippen molar-refractivity contribution >= 4 is 21.7 Å². The lowest BCUT2D eigenvalue weighted by Gasteiger charge is -2.29. The second-order valence-electron chi connectivity index (χ2n) is 6.21. The number of anilines is 1. The molecule has 1 aromatic carbocycles. The first-order valence-corrected chi connectivity index (χ1v) is 9.98. The Kier molecular flexibility index (Phi) is 6.23. The van der Waals surface area contributed by atoms with Gasteiger partial charge in [-0.05, 0) is 56.9 Å². The SMILES string of the molecule is CCN(CC)C(=O)Nc1ccc(S(=O)(=O)N2CCC(C)CC2)cc1. The number of carbonyl (C=O) groups excluding carboxylic acids is 1. The predicted octanol–water partition coefficient (Wildman–Crippen LogP) is 2.98. The van der Waals surface area contributed by atoms with Crippen LogP contribution in [0.2, 0.25) is 0 Å². The summed E-state index contributed by atoms with van der Waals surface area (Å²) >= 11 is 0. The normalized spacial score (nSPS) is 16.8. The van der Waals surface area contributed by atoms with Crippen LogP contribution in [0.1, 0.15) is 33.6 Å². The Bertz CT molecular complexity index is 646. The van der Waals surface area contributed by atoms with Gasteiger partial charge in [-0.25, -0.2) is 13.2 Å². The maximum absolute atomic E-state index is 12.7. The maximum Gasteiger partial charge on any atom is 0.321 e. The van der Waals surface area contributed by atoms with E-state index in [9.17, 15) is 13.2 Å². The lowest BCUT2D eigenvalue weighted by atomic mass is 10.0. The third-order valence-electron chi connectivity index (χ3n) is 4.54. The van der Waals surface area contributed by atoms with Gasteiger partial charge in [0.1, 0.15) is 0 Å². The number of urea groups is 1. The summed E-state index contributed by atoms with van der Waals surface area (Å²) < 4.78 is 26.9. The third-order valence-corrected chi connectivity index (χ3v) is 6.45. The van der Waals surface area contributed by atoms with E-state index in [4.69, 9.17) is 0 Å². The van der Waals surface area contributed by atoms with E-state index < -0.39 is 10.0 Å². The Morgan fingerprint density at radius 1 is 1.17 bits per heavy atom. The summed E-state index contributed by atoms with van der Waals surface area (Å²) in [7, 11) is -3.45. The predicted molar refractivity (Wildman–Crippen MR) is 95.5 cm³/mol. The molecular weight excluding hydrogens is 326 g/mol. The van der Waals surface area contributed by atoms with Crippen molar-refractivity contribution in [1.29, 1.82) is 0 Å². The van der Waals surface area contributed by atoms with E-state index in [0.29, 0.717) is 37.8 Å². The van der Waals surface area contributed by atoms with Crippen LogP contribution in [0.4, 0.5) is 10.5 Å². The largest absolute Gasteiger partial charge is 0.325 e. The van der Waals surface area contributed by atoms with E-state index >= 15 is 0 Å². The van der Waals surface area contributed by atoms with Crippen molar-refractivity contribution < 1.29 is 13.2 Å². The van der Waals surface area contributed by atoms with Crippen LogP contribution in [0.5, 0.6) is 0 Å². The van der Waals surface area contributed by atoms with Crippen molar-refractivity contribution in [1.82, 2.24) is 9.21 Å². The van der Waals surface area contributed by atoms with E-state index in [1.807, 2.05) is 13.8 Å². The summed E-state index contributed by atoms with van der Waals surface area (Å²) in [5.41, 5.74) is 0.595. The topological polar surface area (TPSA) is 69.7 Å². The highest BCUT2D eigenvalue weighted by Gasteiger charge is 2.27. The van der Waals surface area contributed by atoms with Crippen LogP contribution in [0, 0.1) is 5.92 Å². The fraction of sp³-hybridized carbons (Fsp3) is 0.588. The number of amides is 2. The molecule has 1 fully saturated rings. The quantitative estimate of drug-likeness (QED) is 0.885. The monoisotopic (exact) mass is 353 g/mol. The molecule has 1 heterocycles. The van der Waals surface area contributed by atoms with Gasteiger partial charge in [0.2, 0.25) is 10.0 Å². The molecule has 2 amide bonds. The number of hydrogen-bond acceptors (Lipinski definition) is 3. The molecule has 6 nitrogen and oxygen atoms in total. The second-order valence-corrected chi connectivity index (χ2v) is 8.15. The first kappa shape index (κ1) is 18.7. The molecule has 0 radical (unpaired) electrons. The average molecular weight is 353 g/mol. The zero-order chi connectivity index (χ0) is 17.7. The zero-order valence-corrected chi connectivity index (χ0v) is 15.5. The number of nitrogens with zero attached hydrogens (tertiary/aromatic N) is 2. The van der Waals surface area contributed by atoms with Crippen molar-refractivity contribution in [2.75, 3.05) is 31.5 Å². The lowest BCUT2D eigenvalue weighted by Crippen LogP contribution is -2.37. The Labute approximate surface area is 144 Å². The first-order valence-electron chi connectivity index (χ1n) is 8.54. The molecular formula is C17H27N3O3S. The molecule has 1 aromatic rings. The Morgan fingerprint density at radius 3 is 2.21 bits per heavy atom. The fourth-order valence-electron chi connectivity index (χ4n) is 2.80. The van der Waals surface area contributed by atoms with Gasteiger partial charge < -0.3 is 10.2 Å². The third kappa shape index (κ3) is 4.27. The minimum atomic E-state index is -3.45. The summed E-state index contributed by atoms with van der Waals surface area (Å²) in [6, 6.07) is 6.22. The molecule has 0 saturated carbocycles. The summed E-state index contributed by atoms with van der Waals surface area (Å²) in [6.45, 7) is 8.38. The van der Waals surface area contributed by atoms with E-state index in [0.717, 1.165) is 12.8 Å². The van der Waals surface area contributed by atoms with Crippen molar-refractivity contribution in [2.45, 2.75) is 38.5 Å². The van der Waals surface area contributed by atoms with Gasteiger partial charge in [0.25, 0.3) is 0 Å². The average Bonchev–Trinajstić information content (AvgIpc) is 2.57. The molecule has 0 unspecified atom stereocenters. The van der Waals surface area contributed by atoms with Crippen LogP contribution in [0.25, 0.3) is 0 Å². The fourth-order valence-corrected chi connectivity index (χ4v) is 4.27. The summed E-state index contributed by atoms with van der Waals surface area (Å²) in [5, 5.41) is 2.79. The van der Waals surface area contributed by atoms with Crippen LogP contribution in [0.15, 0.2) is 29.2 Å². The van der Waals surface area contributed by atoms with Crippen LogP contribution < -0.4 is 5.32 Å². The summed E-state index contributed by atoms with van der Waals surface area (Å²) in [5.74, 6) is 0.578. The number of sulfonamides is 1. The number of nitrogens with one attached hydrogen (secondary N) is 1. The van der Waals surface area contributed by atoms with Gasteiger partial charge in [0, 0.05) is 31.9 Å². The first-order chi connectivity index (χ1) is 11.4. The number of carbonyl (C=O) groups is 1. The van der Waals surface area contributed by atoms with Crippen LogP contribution in [-0.2, 0) is 10.0 Å². The van der Waals surface area contributed by atoms with Gasteiger partial charge in [0.15, 0.2) is 0 Å². The van der Waals surface area contributed by atoms with Crippen LogP contribution in [-0.4, -0.2) is 49.8 Å². The Morgan fingerprint density at radius 2 is 1.71 bits per heavy atom. The molecule has 1 saturated heterocycles. The van der Waals surface area contributed by atoms with Gasteiger partial charge in [-0.1, -0.05) is 6.92 Å². The number of piperidine rings is 1. The van der Waals surface area contributed by atoms with E-state index in [1.165, 1.54) is 0 Å². The minimum absolute atomic E-state index is 0.180. The molecule has 134 valence electrons. The molecule has 0 bridgehead atoms. The Hall–Kier alpha value is -1.60. The van der Waals surface area contributed by atoms with Gasteiger partial charge >= 0.3 is 6.03 Å². The van der Waals surface area contributed by atoms with Crippen molar-refractivity contribution in [2.24, 2.45) is 5.92 Å². The van der Waals surface area contributed by atoms with Crippen LogP contribution >= 0.6 is 0 Å². The molecule has 0 aliphatic carbocycles. The maximum atomic E-state index is 12.7. The highest BCUT2D eigenvalue weighted by molar-refractivity contribution is 7.89. The number of benzene rings is 1. The van der Waals surface area contributed by atoms with E-state index in [2.05, 4.69) is 12.2 Å². The molecule has 1 aliphatic heterocycles. The second kappa shape index (κ2) is 7.98. The Balaban J connectivity index is 2.07. The zero-order valence-electron chi connectivity index (χ0n) is 14.7. The molecule has 24 heavy (non-hydrogen) atoms. The number of rotatable bonds is 5. The van der Waals surface area contributed by atoms with Gasteiger partial charge in [-0.3, -0.25) is 0 Å². The highest BCUT2D eigenvalue weighted by atomic mass is 32.2.